The highest BCUT2D eigenvalue weighted by molar-refractivity contribution is 5.76. The average molecular weight is 257 g/mol. The number of nitrogens with two attached hydrogens (primary N) is 1. The van der Waals surface area contributed by atoms with Crippen molar-refractivity contribution in [2.45, 2.75) is 0 Å². The van der Waals surface area contributed by atoms with Gasteiger partial charge in [-0.25, -0.2) is 4.39 Å². The fourth-order valence-electron chi connectivity index (χ4n) is 1.66. The summed E-state index contributed by atoms with van der Waals surface area (Å²) >= 11 is 0. The number of nitrogen functional groups attached to an aromatic ring is 1. The molecule has 0 saturated heterocycles. The molecule has 2 aromatic rings. The molecule has 0 unspecified atom stereocenters. The lowest BCUT2D eigenvalue weighted by Gasteiger charge is -2.12. The molecule has 0 bridgehead atoms. The second-order valence-electron chi connectivity index (χ2n) is 3.85. The molecule has 0 radical (unpaired) electrons. The van der Waals surface area contributed by atoms with Crippen molar-refractivity contribution < 1.29 is 9.13 Å². The lowest BCUT2D eigenvalue weighted by atomic mass is 10.1. The van der Waals surface area contributed by atoms with Crippen LogP contribution in [0.15, 0.2) is 36.4 Å². The van der Waals surface area contributed by atoms with Crippen LogP contribution in [0.5, 0.6) is 5.75 Å². The molecule has 0 heterocycles. The largest absolute Gasteiger partial charge is 0.497 e. The molecule has 4 nitrogen and oxygen atoms in total. The quantitative estimate of drug-likeness (QED) is 0.829. The topological polar surface area (TPSA) is 71.1 Å². The van der Waals surface area contributed by atoms with Gasteiger partial charge in [0.15, 0.2) is 0 Å². The van der Waals surface area contributed by atoms with Gasteiger partial charge in [0, 0.05) is 6.07 Å². The van der Waals surface area contributed by atoms with E-state index in [4.69, 9.17) is 15.7 Å². The van der Waals surface area contributed by atoms with Gasteiger partial charge in [0.25, 0.3) is 0 Å². The summed E-state index contributed by atoms with van der Waals surface area (Å²) in [7, 11) is 1.54. The number of halogens is 1. The first-order valence-corrected chi connectivity index (χ1v) is 5.55. The number of hydrogen-bond acceptors (Lipinski definition) is 4. The zero-order valence-corrected chi connectivity index (χ0v) is 10.3. The summed E-state index contributed by atoms with van der Waals surface area (Å²) in [4.78, 5) is 0. The zero-order chi connectivity index (χ0) is 13.8. The first kappa shape index (κ1) is 12.7. The van der Waals surface area contributed by atoms with Crippen LogP contribution in [0.3, 0.4) is 0 Å². The van der Waals surface area contributed by atoms with Crippen LogP contribution in [0.25, 0.3) is 0 Å². The number of nitrogens with zero attached hydrogens (tertiary/aromatic N) is 1. The van der Waals surface area contributed by atoms with Crippen LogP contribution < -0.4 is 15.8 Å². The van der Waals surface area contributed by atoms with E-state index in [9.17, 15) is 4.39 Å². The molecule has 0 amide bonds. The summed E-state index contributed by atoms with van der Waals surface area (Å²) in [5.41, 5.74) is 7.18. The Balaban J connectivity index is 2.42. The third-order valence-electron chi connectivity index (χ3n) is 2.66. The lowest BCUT2D eigenvalue weighted by molar-refractivity contribution is 0.415. The minimum atomic E-state index is -0.575. The Hall–Kier alpha value is -2.74. The van der Waals surface area contributed by atoms with Crippen LogP contribution in [0.2, 0.25) is 0 Å². The van der Waals surface area contributed by atoms with E-state index in [2.05, 4.69) is 5.32 Å². The van der Waals surface area contributed by atoms with Gasteiger partial charge in [-0.2, -0.15) is 5.26 Å². The lowest BCUT2D eigenvalue weighted by Crippen LogP contribution is -2.00. The van der Waals surface area contributed by atoms with Gasteiger partial charge in [-0.15, -0.1) is 0 Å². The Labute approximate surface area is 110 Å². The number of hydrogen-bond donors (Lipinski definition) is 2. The van der Waals surface area contributed by atoms with E-state index in [0.29, 0.717) is 22.8 Å². The van der Waals surface area contributed by atoms with Crippen LogP contribution in [-0.4, -0.2) is 7.11 Å². The van der Waals surface area contributed by atoms with Gasteiger partial charge in [0.1, 0.15) is 23.2 Å². The predicted octanol–water partition coefficient (Wildman–Crippen LogP) is 3.03. The maximum atomic E-state index is 13.5. The Bertz CT molecular complexity index is 650. The van der Waals surface area contributed by atoms with Crippen LogP contribution in [0, 0.1) is 17.1 Å². The minimum Gasteiger partial charge on any atom is -0.497 e. The molecule has 0 aliphatic heterocycles. The molecule has 0 fully saturated rings. The molecule has 0 aliphatic rings. The summed E-state index contributed by atoms with van der Waals surface area (Å²) in [5, 5.41) is 11.9. The number of rotatable bonds is 3. The number of nitriles is 1. The Kier molecular flexibility index (Phi) is 3.53. The summed E-state index contributed by atoms with van der Waals surface area (Å²) in [6.45, 7) is 0. The van der Waals surface area contributed by atoms with Crippen molar-refractivity contribution in [1.82, 2.24) is 0 Å². The van der Waals surface area contributed by atoms with Crippen molar-refractivity contribution in [2.24, 2.45) is 0 Å². The molecule has 0 spiro atoms. The third-order valence-corrected chi connectivity index (χ3v) is 2.66. The first-order chi connectivity index (χ1) is 9.15. The van der Waals surface area contributed by atoms with Crippen molar-refractivity contribution in [3.63, 3.8) is 0 Å². The highest BCUT2D eigenvalue weighted by atomic mass is 19.1. The molecule has 96 valence electrons. The van der Waals surface area contributed by atoms with Gasteiger partial charge in [-0.1, -0.05) is 6.07 Å². The maximum absolute atomic E-state index is 13.5. The highest BCUT2D eigenvalue weighted by Gasteiger charge is 2.09. The second-order valence-corrected chi connectivity index (χ2v) is 3.85. The smallest absolute Gasteiger partial charge is 0.143 e. The van der Waals surface area contributed by atoms with E-state index in [1.807, 2.05) is 6.07 Å². The van der Waals surface area contributed by atoms with E-state index >= 15 is 0 Å². The minimum absolute atomic E-state index is 0.0512. The number of methoxy groups -OCH3 is 1. The molecule has 19 heavy (non-hydrogen) atoms. The van der Waals surface area contributed by atoms with Gasteiger partial charge >= 0.3 is 0 Å². The molecular formula is C14H12FN3O. The Morgan fingerprint density at radius 1 is 1.26 bits per heavy atom. The van der Waals surface area contributed by atoms with Crippen molar-refractivity contribution in [2.75, 3.05) is 18.2 Å². The van der Waals surface area contributed by atoms with Crippen molar-refractivity contribution in [3.05, 3.63) is 47.8 Å². The average Bonchev–Trinajstić information content (AvgIpc) is 2.41. The predicted molar refractivity (Wildman–Crippen MR) is 71.8 cm³/mol. The van der Waals surface area contributed by atoms with Crippen LogP contribution in [0.1, 0.15) is 5.56 Å². The van der Waals surface area contributed by atoms with Gasteiger partial charge in [0.05, 0.1) is 24.2 Å². The molecule has 2 rings (SSSR count). The Morgan fingerprint density at radius 3 is 2.74 bits per heavy atom. The first-order valence-electron chi connectivity index (χ1n) is 5.55. The maximum Gasteiger partial charge on any atom is 0.143 e. The molecule has 0 saturated carbocycles. The molecule has 5 heteroatoms. The third kappa shape index (κ3) is 2.58. The van der Waals surface area contributed by atoms with Crippen LogP contribution >= 0.6 is 0 Å². The summed E-state index contributed by atoms with van der Waals surface area (Å²) < 4.78 is 18.6. The summed E-state index contributed by atoms with van der Waals surface area (Å²) in [6.07, 6.45) is 0. The SMILES string of the molecule is COc1ccc(N)c(Nc2cccc(F)c2C#N)c1. The van der Waals surface area contributed by atoms with Crippen molar-refractivity contribution in [3.8, 4) is 11.8 Å². The highest BCUT2D eigenvalue weighted by Crippen LogP contribution is 2.29. The fourth-order valence-corrected chi connectivity index (χ4v) is 1.66. The summed E-state index contributed by atoms with van der Waals surface area (Å²) in [5.74, 6) is 0.0422. The van der Waals surface area contributed by atoms with E-state index in [1.165, 1.54) is 19.2 Å². The number of benzene rings is 2. The van der Waals surface area contributed by atoms with E-state index in [0.717, 1.165) is 0 Å². The Morgan fingerprint density at radius 2 is 2.05 bits per heavy atom. The number of anilines is 3. The normalized spacial score (nSPS) is 9.74. The van der Waals surface area contributed by atoms with E-state index in [1.54, 1.807) is 24.3 Å². The molecule has 0 aliphatic carbocycles. The van der Waals surface area contributed by atoms with Gasteiger partial charge in [0.2, 0.25) is 0 Å². The number of nitrogens with one attached hydrogen (secondary N) is 1. The van der Waals surface area contributed by atoms with Gasteiger partial charge in [-0.05, 0) is 24.3 Å². The standard InChI is InChI=1S/C14H12FN3O/c1-19-9-5-6-12(17)14(7-9)18-13-4-2-3-11(15)10(13)8-16/h2-7,18H,17H2,1H3. The summed E-state index contributed by atoms with van der Waals surface area (Å²) in [6, 6.07) is 11.3. The van der Waals surface area contributed by atoms with Crippen LogP contribution in [0.4, 0.5) is 21.5 Å². The molecular weight excluding hydrogens is 245 g/mol. The van der Waals surface area contributed by atoms with Crippen LogP contribution in [-0.2, 0) is 0 Å². The van der Waals surface area contributed by atoms with E-state index < -0.39 is 5.82 Å². The second kappa shape index (κ2) is 5.27. The van der Waals surface area contributed by atoms with E-state index in [-0.39, 0.29) is 5.56 Å². The van der Waals surface area contributed by atoms with Crippen molar-refractivity contribution in [1.29, 1.82) is 5.26 Å². The fraction of sp³-hybridized carbons (Fsp3) is 0.0714. The molecule has 0 atom stereocenters. The monoisotopic (exact) mass is 257 g/mol. The van der Waals surface area contributed by atoms with Gasteiger partial charge in [-0.3, -0.25) is 0 Å². The molecule has 2 aromatic carbocycles. The van der Waals surface area contributed by atoms with Gasteiger partial charge < -0.3 is 15.8 Å². The molecule has 3 N–H and O–H groups in total. The molecule has 0 aromatic heterocycles. The number of ether oxygens (including phenoxy) is 1. The van der Waals surface area contributed by atoms with Crippen molar-refractivity contribution >= 4 is 17.1 Å². The zero-order valence-electron chi connectivity index (χ0n) is 10.3.